The van der Waals surface area contributed by atoms with Crippen LogP contribution in [0.5, 0.6) is 0 Å². The zero-order valence-electron chi connectivity index (χ0n) is 12.4. The summed E-state index contributed by atoms with van der Waals surface area (Å²) in [5, 5.41) is 3.37. The number of hydrogen-bond acceptors (Lipinski definition) is 3. The van der Waals surface area contributed by atoms with Gasteiger partial charge in [0, 0.05) is 32.1 Å². The first-order valence-corrected chi connectivity index (χ1v) is 7.54. The summed E-state index contributed by atoms with van der Waals surface area (Å²) in [6.45, 7) is 7.97. The van der Waals surface area contributed by atoms with Gasteiger partial charge in [0.2, 0.25) is 0 Å². The molecule has 1 rings (SSSR count). The highest BCUT2D eigenvalue weighted by Crippen LogP contribution is 2.12. The van der Waals surface area contributed by atoms with Gasteiger partial charge < -0.3 is 10.1 Å². The Balaban J connectivity index is 1.98. The minimum atomic E-state index is 0.735. The fourth-order valence-corrected chi connectivity index (χ4v) is 2.03. The van der Waals surface area contributed by atoms with E-state index in [1.54, 1.807) is 6.20 Å². The lowest BCUT2D eigenvalue weighted by Gasteiger charge is -2.14. The summed E-state index contributed by atoms with van der Waals surface area (Å²) in [5.41, 5.74) is 1.22. The minimum Gasteiger partial charge on any atom is -0.380 e. The Kier molecular flexibility index (Phi) is 9.29. The summed E-state index contributed by atoms with van der Waals surface area (Å²) in [5.74, 6) is 0.735. The number of unbranched alkanes of at least 4 members (excludes halogenated alkanes) is 1. The van der Waals surface area contributed by atoms with Crippen molar-refractivity contribution in [1.82, 2.24) is 10.3 Å². The maximum Gasteiger partial charge on any atom is 0.0591 e. The molecule has 108 valence electrons. The van der Waals surface area contributed by atoms with E-state index < -0.39 is 0 Å². The third-order valence-corrected chi connectivity index (χ3v) is 3.37. The molecule has 1 heterocycles. The molecule has 3 heteroatoms. The largest absolute Gasteiger partial charge is 0.380 e. The number of nitrogens with one attached hydrogen (secondary N) is 1. The molecule has 1 aromatic rings. The average molecular weight is 264 g/mol. The quantitative estimate of drug-likeness (QED) is 0.622. The van der Waals surface area contributed by atoms with Crippen LogP contribution in [-0.4, -0.2) is 24.7 Å². The Labute approximate surface area is 117 Å². The second kappa shape index (κ2) is 10.9. The highest BCUT2D eigenvalue weighted by atomic mass is 16.5. The van der Waals surface area contributed by atoms with Crippen molar-refractivity contribution in [3.8, 4) is 0 Å². The summed E-state index contributed by atoms with van der Waals surface area (Å²) in [7, 11) is 0. The van der Waals surface area contributed by atoms with Crippen LogP contribution in [0.25, 0.3) is 0 Å². The van der Waals surface area contributed by atoms with Crippen LogP contribution in [0, 0.1) is 5.92 Å². The lowest BCUT2D eigenvalue weighted by molar-refractivity contribution is 0.0955. The van der Waals surface area contributed by atoms with E-state index in [4.69, 9.17) is 4.74 Å². The van der Waals surface area contributed by atoms with Crippen LogP contribution in [0.1, 0.15) is 45.1 Å². The van der Waals surface area contributed by atoms with Crippen LogP contribution in [0.15, 0.2) is 24.5 Å². The molecule has 0 spiro atoms. The van der Waals surface area contributed by atoms with Crippen molar-refractivity contribution in [3.63, 3.8) is 0 Å². The second-order valence-electron chi connectivity index (χ2n) is 5.03. The van der Waals surface area contributed by atoms with Crippen molar-refractivity contribution < 1.29 is 4.74 Å². The zero-order valence-corrected chi connectivity index (χ0v) is 12.4. The molecule has 1 atom stereocenters. The first-order valence-electron chi connectivity index (χ1n) is 7.54. The molecule has 0 amide bonds. The van der Waals surface area contributed by atoms with Gasteiger partial charge in [0.25, 0.3) is 0 Å². The fraction of sp³-hybridized carbons (Fsp3) is 0.688. The highest BCUT2D eigenvalue weighted by Gasteiger charge is 2.05. The van der Waals surface area contributed by atoms with E-state index in [0.29, 0.717) is 0 Å². The summed E-state index contributed by atoms with van der Waals surface area (Å²) in [6.07, 6.45) is 8.82. The lowest BCUT2D eigenvalue weighted by Crippen LogP contribution is -2.21. The highest BCUT2D eigenvalue weighted by molar-refractivity contribution is 5.07. The topological polar surface area (TPSA) is 34.1 Å². The van der Waals surface area contributed by atoms with Crippen molar-refractivity contribution in [3.05, 3.63) is 30.1 Å². The number of aromatic nitrogens is 1. The van der Waals surface area contributed by atoms with Gasteiger partial charge in [0.1, 0.15) is 0 Å². The summed E-state index contributed by atoms with van der Waals surface area (Å²) in [6, 6.07) is 4.05. The summed E-state index contributed by atoms with van der Waals surface area (Å²) < 4.78 is 5.74. The smallest absolute Gasteiger partial charge is 0.0591 e. The molecule has 1 aromatic heterocycles. The van der Waals surface area contributed by atoms with Crippen molar-refractivity contribution in [1.29, 1.82) is 0 Å². The molecule has 0 aliphatic heterocycles. The van der Waals surface area contributed by atoms with Crippen LogP contribution < -0.4 is 5.32 Å². The normalized spacial score (nSPS) is 12.5. The van der Waals surface area contributed by atoms with Gasteiger partial charge in [-0.25, -0.2) is 0 Å². The molecule has 3 nitrogen and oxygen atoms in total. The van der Waals surface area contributed by atoms with Gasteiger partial charge in [-0.3, -0.25) is 4.98 Å². The van der Waals surface area contributed by atoms with Crippen molar-refractivity contribution in [2.75, 3.05) is 19.8 Å². The molecule has 19 heavy (non-hydrogen) atoms. The molecule has 0 bridgehead atoms. The predicted molar refractivity (Wildman–Crippen MR) is 80.1 cm³/mol. The van der Waals surface area contributed by atoms with E-state index in [1.165, 1.54) is 31.2 Å². The molecule has 1 unspecified atom stereocenters. The Morgan fingerprint density at radius 3 is 2.95 bits per heavy atom. The van der Waals surface area contributed by atoms with Crippen LogP contribution >= 0.6 is 0 Å². The molecule has 0 saturated carbocycles. The number of hydrogen-bond donors (Lipinski definition) is 1. The van der Waals surface area contributed by atoms with Gasteiger partial charge in [-0.05, 0) is 24.0 Å². The molecule has 0 aromatic carbocycles. The molecule has 0 aliphatic carbocycles. The van der Waals surface area contributed by atoms with Gasteiger partial charge in [-0.15, -0.1) is 0 Å². The third kappa shape index (κ3) is 7.96. The van der Waals surface area contributed by atoms with Crippen LogP contribution in [0.2, 0.25) is 0 Å². The predicted octanol–water partition coefficient (Wildman–Crippen LogP) is 3.40. The van der Waals surface area contributed by atoms with Crippen molar-refractivity contribution in [2.45, 2.75) is 46.1 Å². The molecule has 0 radical (unpaired) electrons. The lowest BCUT2D eigenvalue weighted by atomic mass is 10.0. The van der Waals surface area contributed by atoms with Crippen molar-refractivity contribution in [2.24, 2.45) is 5.92 Å². The standard InChI is InChI=1S/C16H28N2O/c1-3-5-7-15(4-2)14-19-11-10-18-13-16-8-6-9-17-12-16/h6,8-9,12,15,18H,3-5,7,10-11,13-14H2,1-2H3. The molecule has 0 aliphatic rings. The fourth-order valence-electron chi connectivity index (χ4n) is 2.03. The zero-order chi connectivity index (χ0) is 13.8. The van der Waals surface area contributed by atoms with Crippen LogP contribution in [0.3, 0.4) is 0 Å². The maximum atomic E-state index is 5.74. The maximum absolute atomic E-state index is 5.74. The van der Waals surface area contributed by atoms with Gasteiger partial charge in [0.05, 0.1) is 6.61 Å². The first kappa shape index (κ1) is 16.1. The summed E-state index contributed by atoms with van der Waals surface area (Å²) in [4.78, 5) is 4.09. The first-order chi connectivity index (χ1) is 9.36. The SMILES string of the molecule is CCCCC(CC)COCCNCc1cccnc1. The van der Waals surface area contributed by atoms with E-state index >= 15 is 0 Å². The van der Waals surface area contributed by atoms with E-state index in [-0.39, 0.29) is 0 Å². The van der Waals surface area contributed by atoms with Crippen molar-refractivity contribution >= 4 is 0 Å². The van der Waals surface area contributed by atoms with Gasteiger partial charge in [-0.1, -0.05) is 39.2 Å². The van der Waals surface area contributed by atoms with E-state index in [1.807, 2.05) is 12.3 Å². The van der Waals surface area contributed by atoms with Gasteiger partial charge >= 0.3 is 0 Å². The Bertz CT molecular complexity index is 303. The van der Waals surface area contributed by atoms with E-state index in [0.717, 1.165) is 32.2 Å². The molecule has 1 N–H and O–H groups in total. The monoisotopic (exact) mass is 264 g/mol. The average Bonchev–Trinajstić information content (AvgIpc) is 2.47. The summed E-state index contributed by atoms with van der Waals surface area (Å²) >= 11 is 0. The third-order valence-electron chi connectivity index (χ3n) is 3.37. The minimum absolute atomic E-state index is 0.735. The number of ether oxygens (including phenoxy) is 1. The second-order valence-corrected chi connectivity index (χ2v) is 5.03. The number of rotatable bonds is 11. The van der Waals surface area contributed by atoms with E-state index in [9.17, 15) is 0 Å². The van der Waals surface area contributed by atoms with Crippen LogP contribution in [-0.2, 0) is 11.3 Å². The molecular formula is C16H28N2O. The van der Waals surface area contributed by atoms with Gasteiger partial charge in [0.15, 0.2) is 0 Å². The molecule has 0 saturated heterocycles. The number of pyridine rings is 1. The Morgan fingerprint density at radius 2 is 2.26 bits per heavy atom. The molecular weight excluding hydrogens is 236 g/mol. The number of nitrogens with zero attached hydrogens (tertiary/aromatic N) is 1. The van der Waals surface area contributed by atoms with Gasteiger partial charge in [-0.2, -0.15) is 0 Å². The molecule has 0 fully saturated rings. The Morgan fingerprint density at radius 1 is 1.37 bits per heavy atom. The Hall–Kier alpha value is -0.930. The van der Waals surface area contributed by atoms with Crippen LogP contribution in [0.4, 0.5) is 0 Å². The van der Waals surface area contributed by atoms with E-state index in [2.05, 4.69) is 30.2 Å².